The summed E-state index contributed by atoms with van der Waals surface area (Å²) in [5.74, 6) is -3.35. The van der Waals surface area contributed by atoms with E-state index in [1.54, 1.807) is 0 Å². The molecule has 4 heteroatoms. The molecule has 0 fully saturated rings. The van der Waals surface area contributed by atoms with Gasteiger partial charge in [-0.05, 0) is 30.0 Å². The van der Waals surface area contributed by atoms with Gasteiger partial charge in [-0.15, -0.1) is 0 Å². The number of hydrogen-bond acceptors (Lipinski definition) is 1. The van der Waals surface area contributed by atoms with Crippen LogP contribution in [0.25, 0.3) is 0 Å². The average molecular weight is 273 g/mol. The number of halogens is 3. The number of benzene rings is 1. The fourth-order valence-electron chi connectivity index (χ4n) is 2.27. The van der Waals surface area contributed by atoms with Crippen molar-refractivity contribution in [1.29, 1.82) is 0 Å². The molecule has 1 aromatic carbocycles. The van der Waals surface area contributed by atoms with Gasteiger partial charge in [0.05, 0.1) is 0 Å². The Hall–Kier alpha value is -1.03. The van der Waals surface area contributed by atoms with Crippen LogP contribution < -0.4 is 5.73 Å². The highest BCUT2D eigenvalue weighted by Crippen LogP contribution is 2.26. The van der Waals surface area contributed by atoms with Crippen molar-refractivity contribution < 1.29 is 13.2 Å². The summed E-state index contributed by atoms with van der Waals surface area (Å²) in [7, 11) is 0. The second kappa shape index (κ2) is 7.53. The molecule has 0 radical (unpaired) electrons. The Kier molecular flexibility index (Phi) is 6.35. The van der Waals surface area contributed by atoms with Gasteiger partial charge in [0.2, 0.25) is 0 Å². The van der Waals surface area contributed by atoms with Gasteiger partial charge >= 0.3 is 0 Å². The van der Waals surface area contributed by atoms with Crippen LogP contribution in [0.2, 0.25) is 0 Å². The number of nitrogens with two attached hydrogens (primary N) is 1. The zero-order valence-corrected chi connectivity index (χ0v) is 11.6. The highest BCUT2D eigenvalue weighted by atomic mass is 19.2. The minimum absolute atomic E-state index is 0.325. The largest absolute Gasteiger partial charge is 0.324 e. The molecule has 19 heavy (non-hydrogen) atoms. The second-order valence-electron chi connectivity index (χ2n) is 5.06. The van der Waals surface area contributed by atoms with Gasteiger partial charge in [0, 0.05) is 6.04 Å². The van der Waals surface area contributed by atoms with Crippen LogP contribution in [0.3, 0.4) is 0 Å². The van der Waals surface area contributed by atoms with Gasteiger partial charge in [0.1, 0.15) is 0 Å². The topological polar surface area (TPSA) is 26.0 Å². The van der Waals surface area contributed by atoms with Gasteiger partial charge < -0.3 is 5.73 Å². The van der Waals surface area contributed by atoms with Crippen LogP contribution in [0.1, 0.15) is 57.6 Å². The monoisotopic (exact) mass is 273 g/mol. The van der Waals surface area contributed by atoms with Crippen LogP contribution >= 0.6 is 0 Å². The predicted molar refractivity (Wildman–Crippen MR) is 71.2 cm³/mol. The van der Waals surface area contributed by atoms with Crippen LogP contribution in [0.4, 0.5) is 13.2 Å². The molecular formula is C15H22F3N. The molecule has 108 valence electrons. The summed E-state index contributed by atoms with van der Waals surface area (Å²) >= 11 is 0. The molecule has 0 spiro atoms. The maximum absolute atomic E-state index is 13.2. The summed E-state index contributed by atoms with van der Waals surface area (Å²) in [4.78, 5) is 0. The Morgan fingerprint density at radius 2 is 1.68 bits per heavy atom. The molecule has 2 N–H and O–H groups in total. The highest BCUT2D eigenvalue weighted by Gasteiger charge is 2.17. The molecular weight excluding hydrogens is 251 g/mol. The summed E-state index contributed by atoms with van der Waals surface area (Å²) in [5, 5.41) is 0. The molecule has 0 aliphatic rings. The Morgan fingerprint density at radius 1 is 1.11 bits per heavy atom. The lowest BCUT2D eigenvalue weighted by Crippen LogP contribution is -2.16. The quantitative estimate of drug-likeness (QED) is 0.715. The summed E-state index contributed by atoms with van der Waals surface area (Å²) < 4.78 is 39.2. The van der Waals surface area contributed by atoms with Crippen molar-refractivity contribution >= 4 is 0 Å². The van der Waals surface area contributed by atoms with Crippen molar-refractivity contribution in [1.82, 2.24) is 0 Å². The second-order valence-corrected chi connectivity index (χ2v) is 5.06. The van der Waals surface area contributed by atoms with E-state index in [-0.39, 0.29) is 0 Å². The van der Waals surface area contributed by atoms with E-state index >= 15 is 0 Å². The molecule has 0 aromatic heterocycles. The summed E-state index contributed by atoms with van der Waals surface area (Å²) in [6.07, 6.45) is 4.95. The summed E-state index contributed by atoms with van der Waals surface area (Å²) in [6, 6.07) is 1.54. The first-order valence-corrected chi connectivity index (χ1v) is 6.89. The Balaban J connectivity index is 2.74. The molecule has 0 saturated carbocycles. The van der Waals surface area contributed by atoms with E-state index in [0.717, 1.165) is 37.8 Å². The lowest BCUT2D eigenvalue weighted by Gasteiger charge is -2.20. The van der Waals surface area contributed by atoms with E-state index in [2.05, 4.69) is 13.8 Å². The molecule has 1 aromatic rings. The van der Waals surface area contributed by atoms with E-state index in [1.165, 1.54) is 0 Å². The lowest BCUT2D eigenvalue weighted by molar-refractivity contribution is 0.384. The molecule has 1 rings (SSSR count). The first-order valence-electron chi connectivity index (χ1n) is 6.89. The number of unbranched alkanes of at least 4 members (excludes halogenated alkanes) is 1. The maximum atomic E-state index is 13.2. The van der Waals surface area contributed by atoms with Crippen molar-refractivity contribution in [3.05, 3.63) is 35.1 Å². The summed E-state index contributed by atoms with van der Waals surface area (Å²) in [6.45, 7) is 4.20. The molecule has 0 amide bonds. The zero-order chi connectivity index (χ0) is 14.4. The fourth-order valence-corrected chi connectivity index (χ4v) is 2.27. The molecule has 0 saturated heterocycles. The zero-order valence-electron chi connectivity index (χ0n) is 11.6. The Labute approximate surface area is 113 Å². The van der Waals surface area contributed by atoms with Gasteiger partial charge in [0.25, 0.3) is 0 Å². The number of rotatable bonds is 7. The fraction of sp³-hybridized carbons (Fsp3) is 0.600. The SMILES string of the molecule is CCCCC(CC)CC(N)c1cc(F)c(F)c(F)c1. The standard InChI is InChI=1S/C15H22F3N/c1-3-5-6-10(4-2)7-14(19)11-8-12(16)15(18)13(17)9-11/h8-10,14H,3-7,19H2,1-2H3. The third-order valence-electron chi connectivity index (χ3n) is 3.56. The molecule has 0 aliphatic heterocycles. The third kappa shape index (κ3) is 4.53. The predicted octanol–water partition coefficient (Wildman–Crippen LogP) is 4.71. The van der Waals surface area contributed by atoms with Gasteiger partial charge in [-0.3, -0.25) is 0 Å². The molecule has 1 nitrogen and oxygen atoms in total. The van der Waals surface area contributed by atoms with Crippen molar-refractivity contribution in [3.63, 3.8) is 0 Å². The van der Waals surface area contributed by atoms with Crippen LogP contribution in [-0.2, 0) is 0 Å². The molecule has 0 bridgehead atoms. The van der Waals surface area contributed by atoms with Crippen molar-refractivity contribution in [3.8, 4) is 0 Å². The van der Waals surface area contributed by atoms with Crippen molar-refractivity contribution in [2.24, 2.45) is 11.7 Å². The highest BCUT2D eigenvalue weighted by molar-refractivity contribution is 5.22. The van der Waals surface area contributed by atoms with Crippen LogP contribution in [-0.4, -0.2) is 0 Å². The van der Waals surface area contributed by atoms with Crippen molar-refractivity contribution in [2.45, 2.75) is 52.0 Å². The lowest BCUT2D eigenvalue weighted by atomic mass is 9.89. The van der Waals surface area contributed by atoms with Crippen LogP contribution in [0.15, 0.2) is 12.1 Å². The van der Waals surface area contributed by atoms with E-state index in [9.17, 15) is 13.2 Å². The molecule has 2 atom stereocenters. The van der Waals surface area contributed by atoms with Gasteiger partial charge in [0.15, 0.2) is 17.5 Å². The number of hydrogen-bond donors (Lipinski definition) is 1. The van der Waals surface area contributed by atoms with Crippen LogP contribution in [0, 0.1) is 23.4 Å². The third-order valence-corrected chi connectivity index (χ3v) is 3.56. The Bertz CT molecular complexity index is 383. The summed E-state index contributed by atoms with van der Waals surface area (Å²) in [5.41, 5.74) is 6.30. The van der Waals surface area contributed by atoms with Crippen LogP contribution in [0.5, 0.6) is 0 Å². The van der Waals surface area contributed by atoms with Gasteiger partial charge in [-0.25, -0.2) is 13.2 Å². The molecule has 0 heterocycles. The smallest absolute Gasteiger partial charge is 0.194 e. The van der Waals surface area contributed by atoms with E-state index in [4.69, 9.17) is 5.73 Å². The average Bonchev–Trinajstić information content (AvgIpc) is 2.39. The van der Waals surface area contributed by atoms with E-state index in [1.807, 2.05) is 0 Å². The van der Waals surface area contributed by atoms with Gasteiger partial charge in [-0.1, -0.05) is 39.5 Å². The molecule has 2 unspecified atom stereocenters. The van der Waals surface area contributed by atoms with E-state index < -0.39 is 23.5 Å². The van der Waals surface area contributed by atoms with E-state index in [0.29, 0.717) is 17.9 Å². The van der Waals surface area contributed by atoms with Gasteiger partial charge in [-0.2, -0.15) is 0 Å². The Morgan fingerprint density at radius 3 is 2.16 bits per heavy atom. The normalized spacial score (nSPS) is 14.4. The first-order chi connectivity index (χ1) is 8.99. The minimum Gasteiger partial charge on any atom is -0.324 e. The minimum atomic E-state index is -1.44. The van der Waals surface area contributed by atoms with Crippen molar-refractivity contribution in [2.75, 3.05) is 0 Å². The first kappa shape index (κ1) is 16.0. The maximum Gasteiger partial charge on any atom is 0.194 e. The molecule has 0 aliphatic carbocycles.